The van der Waals surface area contributed by atoms with Crippen molar-refractivity contribution in [3.05, 3.63) is 82.0 Å². The number of hydrogen-bond acceptors (Lipinski definition) is 4. The summed E-state index contributed by atoms with van der Waals surface area (Å²) >= 11 is -2.15. The van der Waals surface area contributed by atoms with E-state index in [9.17, 15) is 17.9 Å². The molecule has 0 radical (unpaired) electrons. The molecule has 1 fully saturated rings. The van der Waals surface area contributed by atoms with E-state index in [1.165, 1.54) is 23.2 Å². The van der Waals surface area contributed by atoms with Gasteiger partial charge in [0, 0.05) is 16.9 Å². The summed E-state index contributed by atoms with van der Waals surface area (Å²) in [6.45, 7) is 0. The Morgan fingerprint density at radius 3 is 2.33 bits per heavy atom. The maximum atomic E-state index is 13.5. The van der Waals surface area contributed by atoms with Gasteiger partial charge in [0.1, 0.15) is 5.82 Å². The normalized spacial score (nSPS) is 15.8. The Bertz CT molecular complexity index is 1100. The van der Waals surface area contributed by atoms with Crippen molar-refractivity contribution in [3.8, 4) is 16.8 Å². The van der Waals surface area contributed by atoms with Crippen molar-refractivity contribution >= 4 is 11.1 Å². The number of benzene rings is 2. The first kappa shape index (κ1) is 20.6. The van der Waals surface area contributed by atoms with Crippen LogP contribution < -0.4 is 5.56 Å². The maximum absolute atomic E-state index is 13.5. The van der Waals surface area contributed by atoms with Crippen LogP contribution in [0, 0.1) is 5.82 Å². The fraction of sp³-hybridized carbons (Fsp3) is 0.304. The molecule has 30 heavy (non-hydrogen) atoms. The van der Waals surface area contributed by atoms with Crippen molar-refractivity contribution in [2.45, 2.75) is 43.8 Å². The van der Waals surface area contributed by atoms with E-state index in [2.05, 4.69) is 5.10 Å². The molecule has 0 amide bonds. The van der Waals surface area contributed by atoms with Crippen LogP contribution in [-0.4, -0.2) is 18.5 Å². The van der Waals surface area contributed by atoms with Gasteiger partial charge in [0.25, 0.3) is 5.56 Å². The number of halogens is 1. The van der Waals surface area contributed by atoms with E-state index in [1.54, 1.807) is 30.5 Å². The molecule has 1 saturated carbocycles. The molecule has 0 aliphatic heterocycles. The first-order chi connectivity index (χ1) is 14.5. The van der Waals surface area contributed by atoms with E-state index in [1.807, 2.05) is 12.1 Å². The molecule has 2 aromatic carbocycles. The van der Waals surface area contributed by atoms with Crippen molar-refractivity contribution in [2.75, 3.05) is 0 Å². The molecular weight excluding hydrogens is 403 g/mol. The van der Waals surface area contributed by atoms with Crippen LogP contribution in [0.15, 0.2) is 59.5 Å². The largest absolute Gasteiger partial charge is 0.772 e. The molecule has 7 heteroatoms. The molecular formula is C23H22FN2O3S-. The van der Waals surface area contributed by atoms with Gasteiger partial charge in [-0.25, -0.2) is 4.39 Å². The average Bonchev–Trinajstić information content (AvgIpc) is 2.75. The van der Waals surface area contributed by atoms with Crippen LogP contribution in [-0.2, 0) is 16.8 Å². The SMILES string of the molecule is O=c1c(C2CCCCC2)c(-c2ccc(CS(=O)[O-])cc2)cnn1-c1ccc(F)cc1. The first-order valence-electron chi connectivity index (χ1n) is 10.1. The van der Waals surface area contributed by atoms with Crippen molar-refractivity contribution in [1.29, 1.82) is 0 Å². The minimum Gasteiger partial charge on any atom is -0.772 e. The Balaban J connectivity index is 1.81. The van der Waals surface area contributed by atoms with Crippen molar-refractivity contribution < 1.29 is 13.2 Å². The van der Waals surface area contributed by atoms with Gasteiger partial charge in [0.2, 0.25) is 0 Å². The van der Waals surface area contributed by atoms with Crippen LogP contribution >= 0.6 is 0 Å². The summed E-state index contributed by atoms with van der Waals surface area (Å²) in [5.41, 5.74) is 3.38. The second-order valence-corrected chi connectivity index (χ2v) is 8.54. The van der Waals surface area contributed by atoms with Gasteiger partial charge in [-0.3, -0.25) is 9.00 Å². The zero-order valence-electron chi connectivity index (χ0n) is 16.4. The molecule has 5 nitrogen and oxygen atoms in total. The highest BCUT2D eigenvalue weighted by Gasteiger charge is 2.24. The lowest BCUT2D eigenvalue weighted by Crippen LogP contribution is -2.28. The Morgan fingerprint density at radius 1 is 1.03 bits per heavy atom. The van der Waals surface area contributed by atoms with E-state index in [0.717, 1.165) is 42.4 Å². The Morgan fingerprint density at radius 2 is 1.70 bits per heavy atom. The number of nitrogens with zero attached hydrogens (tertiary/aromatic N) is 2. The molecule has 3 aromatic rings. The minimum atomic E-state index is -2.15. The second kappa shape index (κ2) is 9.02. The number of hydrogen-bond donors (Lipinski definition) is 0. The van der Waals surface area contributed by atoms with Gasteiger partial charge < -0.3 is 4.55 Å². The Hall–Kier alpha value is -2.64. The van der Waals surface area contributed by atoms with Gasteiger partial charge in [-0.15, -0.1) is 0 Å². The summed E-state index contributed by atoms with van der Waals surface area (Å²) in [7, 11) is 0. The summed E-state index contributed by atoms with van der Waals surface area (Å²) < 4.78 is 36.5. The molecule has 1 unspecified atom stereocenters. The first-order valence-corrected chi connectivity index (χ1v) is 11.3. The van der Waals surface area contributed by atoms with Crippen LogP contribution in [0.2, 0.25) is 0 Å². The molecule has 1 aliphatic carbocycles. The zero-order chi connectivity index (χ0) is 21.1. The van der Waals surface area contributed by atoms with E-state index in [4.69, 9.17) is 0 Å². The minimum absolute atomic E-state index is 0.0415. The number of aromatic nitrogens is 2. The van der Waals surface area contributed by atoms with Gasteiger partial charge in [-0.1, -0.05) is 54.6 Å². The predicted molar refractivity (Wildman–Crippen MR) is 114 cm³/mol. The van der Waals surface area contributed by atoms with E-state index >= 15 is 0 Å². The predicted octanol–water partition coefficient (Wildman–Crippen LogP) is 4.47. The van der Waals surface area contributed by atoms with Crippen molar-refractivity contribution in [3.63, 3.8) is 0 Å². The second-order valence-electron chi connectivity index (χ2n) is 7.65. The van der Waals surface area contributed by atoms with E-state index in [0.29, 0.717) is 11.3 Å². The van der Waals surface area contributed by atoms with Crippen LogP contribution in [0.1, 0.15) is 49.1 Å². The lowest BCUT2D eigenvalue weighted by Gasteiger charge is -2.24. The molecule has 0 bridgehead atoms. The third-order valence-corrected chi connectivity index (χ3v) is 6.22. The maximum Gasteiger partial charge on any atom is 0.275 e. The molecule has 1 atom stereocenters. The van der Waals surface area contributed by atoms with Gasteiger partial charge >= 0.3 is 0 Å². The quantitative estimate of drug-likeness (QED) is 0.566. The van der Waals surface area contributed by atoms with Crippen LogP contribution in [0.4, 0.5) is 4.39 Å². The zero-order valence-corrected chi connectivity index (χ0v) is 17.2. The molecule has 1 aliphatic rings. The lowest BCUT2D eigenvalue weighted by atomic mass is 9.82. The van der Waals surface area contributed by atoms with E-state index < -0.39 is 11.1 Å². The topological polar surface area (TPSA) is 75.0 Å². The summed E-state index contributed by atoms with van der Waals surface area (Å²) in [4.78, 5) is 13.5. The monoisotopic (exact) mass is 425 g/mol. The lowest BCUT2D eigenvalue weighted by molar-refractivity contribution is 0.439. The van der Waals surface area contributed by atoms with Gasteiger partial charge in [-0.05, 0) is 54.2 Å². The number of rotatable bonds is 5. The van der Waals surface area contributed by atoms with Crippen LogP contribution in [0.25, 0.3) is 16.8 Å². The highest BCUT2D eigenvalue weighted by molar-refractivity contribution is 7.78. The molecule has 156 valence electrons. The molecule has 0 N–H and O–H groups in total. The Kier molecular flexibility index (Phi) is 6.20. The summed E-state index contributed by atoms with van der Waals surface area (Å²) in [5.74, 6) is -0.264. The highest BCUT2D eigenvalue weighted by Crippen LogP contribution is 2.36. The molecule has 0 spiro atoms. The molecule has 4 rings (SSSR count). The van der Waals surface area contributed by atoms with Crippen molar-refractivity contribution in [1.82, 2.24) is 9.78 Å². The highest BCUT2D eigenvalue weighted by atomic mass is 32.2. The van der Waals surface area contributed by atoms with E-state index in [-0.39, 0.29) is 23.0 Å². The van der Waals surface area contributed by atoms with Gasteiger partial charge in [0.15, 0.2) is 0 Å². The van der Waals surface area contributed by atoms with Crippen molar-refractivity contribution in [2.24, 2.45) is 0 Å². The molecule has 1 aromatic heterocycles. The van der Waals surface area contributed by atoms with Crippen LogP contribution in [0.5, 0.6) is 0 Å². The fourth-order valence-electron chi connectivity index (χ4n) is 4.17. The van der Waals surface area contributed by atoms with Crippen LogP contribution in [0.3, 0.4) is 0 Å². The third kappa shape index (κ3) is 4.42. The fourth-order valence-corrected chi connectivity index (χ4v) is 4.63. The van der Waals surface area contributed by atoms with Gasteiger partial charge in [-0.2, -0.15) is 9.78 Å². The summed E-state index contributed by atoms with van der Waals surface area (Å²) in [6.07, 6.45) is 6.92. The smallest absolute Gasteiger partial charge is 0.275 e. The Labute approximate surface area is 176 Å². The molecule has 0 saturated heterocycles. The standard InChI is InChI=1S/C23H23FN2O3S/c24-19-10-12-20(13-11-19)26-23(27)22(18-4-2-1-3-5-18)21(14-25-26)17-8-6-16(7-9-17)15-30(28)29/h6-14,18H,1-5,15H2,(H,28,29)/p-1. The summed E-state index contributed by atoms with van der Waals surface area (Å²) in [6, 6.07) is 12.9. The van der Waals surface area contributed by atoms with Gasteiger partial charge in [0.05, 0.1) is 11.9 Å². The molecule has 1 heterocycles. The summed E-state index contributed by atoms with van der Waals surface area (Å²) in [5, 5.41) is 4.36. The average molecular weight is 426 g/mol. The third-order valence-electron chi connectivity index (χ3n) is 5.65.